The second kappa shape index (κ2) is 7.20. The van der Waals surface area contributed by atoms with Crippen LogP contribution in [-0.2, 0) is 0 Å². The SMILES string of the molecule is COc1ccc(C(=O)N2CCC3NCCC3C2)cc1OC.Cl. The maximum atomic E-state index is 12.7. The van der Waals surface area contributed by atoms with Gasteiger partial charge in [0.1, 0.15) is 0 Å². The van der Waals surface area contributed by atoms with E-state index in [4.69, 9.17) is 9.47 Å². The molecule has 2 unspecified atom stereocenters. The van der Waals surface area contributed by atoms with Crippen molar-refractivity contribution >= 4 is 18.3 Å². The molecule has 0 spiro atoms. The van der Waals surface area contributed by atoms with Crippen LogP contribution in [0.1, 0.15) is 23.2 Å². The number of fused-ring (bicyclic) bond motifs is 1. The highest BCUT2D eigenvalue weighted by Crippen LogP contribution is 2.30. The lowest BCUT2D eigenvalue weighted by Gasteiger charge is -2.35. The zero-order chi connectivity index (χ0) is 14.8. The molecule has 2 atom stereocenters. The second-order valence-electron chi connectivity index (χ2n) is 5.72. The first-order valence-electron chi connectivity index (χ1n) is 7.47. The maximum Gasteiger partial charge on any atom is 0.254 e. The van der Waals surface area contributed by atoms with Crippen LogP contribution in [0.25, 0.3) is 0 Å². The number of carbonyl (C=O) groups is 1. The van der Waals surface area contributed by atoms with Gasteiger partial charge in [-0.25, -0.2) is 0 Å². The fourth-order valence-electron chi connectivity index (χ4n) is 3.38. The van der Waals surface area contributed by atoms with E-state index in [0.717, 1.165) is 26.1 Å². The average Bonchev–Trinajstić information content (AvgIpc) is 3.00. The van der Waals surface area contributed by atoms with Crippen LogP contribution in [0.15, 0.2) is 18.2 Å². The Bertz CT molecular complexity index is 538. The molecule has 0 aromatic heterocycles. The molecule has 2 heterocycles. The van der Waals surface area contributed by atoms with Crippen LogP contribution in [0.3, 0.4) is 0 Å². The molecule has 0 aliphatic carbocycles. The van der Waals surface area contributed by atoms with E-state index in [-0.39, 0.29) is 18.3 Å². The van der Waals surface area contributed by atoms with E-state index in [9.17, 15) is 4.79 Å². The molecular weight excluding hydrogens is 304 g/mol. The van der Waals surface area contributed by atoms with E-state index in [0.29, 0.717) is 29.0 Å². The number of nitrogens with one attached hydrogen (secondary N) is 1. The van der Waals surface area contributed by atoms with Crippen LogP contribution in [0, 0.1) is 5.92 Å². The first kappa shape index (κ1) is 16.9. The highest BCUT2D eigenvalue weighted by atomic mass is 35.5. The van der Waals surface area contributed by atoms with Gasteiger partial charge >= 0.3 is 0 Å². The van der Waals surface area contributed by atoms with Gasteiger partial charge in [-0.3, -0.25) is 4.79 Å². The first-order chi connectivity index (χ1) is 10.2. The number of piperidine rings is 1. The third-order valence-corrected chi connectivity index (χ3v) is 4.57. The number of amides is 1. The van der Waals surface area contributed by atoms with Crippen LogP contribution in [0.4, 0.5) is 0 Å². The molecular formula is C16H23ClN2O3. The topological polar surface area (TPSA) is 50.8 Å². The Morgan fingerprint density at radius 1 is 1.23 bits per heavy atom. The van der Waals surface area contributed by atoms with E-state index in [1.807, 2.05) is 11.0 Å². The Morgan fingerprint density at radius 3 is 2.73 bits per heavy atom. The number of halogens is 1. The number of ether oxygens (including phenoxy) is 2. The summed E-state index contributed by atoms with van der Waals surface area (Å²) in [6.45, 7) is 2.75. The molecule has 0 radical (unpaired) electrons. The largest absolute Gasteiger partial charge is 0.493 e. The number of carbonyl (C=O) groups excluding carboxylic acids is 1. The third kappa shape index (κ3) is 3.15. The third-order valence-electron chi connectivity index (χ3n) is 4.57. The summed E-state index contributed by atoms with van der Waals surface area (Å²) in [5.41, 5.74) is 0.664. The Balaban J connectivity index is 0.00000176. The summed E-state index contributed by atoms with van der Waals surface area (Å²) in [4.78, 5) is 14.6. The normalized spacial score (nSPS) is 23.5. The molecule has 1 aromatic rings. The van der Waals surface area contributed by atoms with Crippen molar-refractivity contribution in [1.82, 2.24) is 10.2 Å². The van der Waals surface area contributed by atoms with Crippen LogP contribution >= 0.6 is 12.4 Å². The Morgan fingerprint density at radius 2 is 2.00 bits per heavy atom. The summed E-state index contributed by atoms with van der Waals surface area (Å²) in [7, 11) is 3.18. The molecule has 2 aliphatic heterocycles. The predicted molar refractivity (Wildman–Crippen MR) is 87.2 cm³/mol. The van der Waals surface area contributed by atoms with Crippen molar-refractivity contribution in [3.8, 4) is 11.5 Å². The number of rotatable bonds is 3. The van der Waals surface area contributed by atoms with Gasteiger partial charge < -0.3 is 19.7 Å². The number of hydrogen-bond acceptors (Lipinski definition) is 4. The zero-order valence-corrected chi connectivity index (χ0v) is 13.8. The van der Waals surface area contributed by atoms with E-state index in [1.54, 1.807) is 26.4 Å². The summed E-state index contributed by atoms with van der Waals surface area (Å²) in [5.74, 6) is 1.93. The number of benzene rings is 1. The van der Waals surface area contributed by atoms with E-state index >= 15 is 0 Å². The minimum Gasteiger partial charge on any atom is -0.493 e. The van der Waals surface area contributed by atoms with E-state index in [2.05, 4.69) is 5.32 Å². The molecule has 6 heteroatoms. The standard InChI is InChI=1S/C16H22N2O3.ClH/c1-20-14-4-3-11(9-15(14)21-2)16(19)18-8-6-13-12(10-18)5-7-17-13;/h3-4,9,12-13,17H,5-8,10H2,1-2H3;1H. The molecule has 2 fully saturated rings. The van der Waals surface area contributed by atoms with Crippen molar-refractivity contribution in [2.75, 3.05) is 33.9 Å². The Labute approximate surface area is 137 Å². The number of nitrogens with zero attached hydrogens (tertiary/aromatic N) is 1. The molecule has 5 nitrogen and oxygen atoms in total. The monoisotopic (exact) mass is 326 g/mol. The number of methoxy groups -OCH3 is 2. The van der Waals surface area contributed by atoms with E-state index in [1.165, 1.54) is 6.42 Å². The van der Waals surface area contributed by atoms with Crippen LogP contribution in [0.2, 0.25) is 0 Å². The second-order valence-corrected chi connectivity index (χ2v) is 5.72. The molecule has 1 aromatic carbocycles. The van der Waals surface area contributed by atoms with Crippen LogP contribution in [0.5, 0.6) is 11.5 Å². The van der Waals surface area contributed by atoms with Gasteiger partial charge in [-0.2, -0.15) is 0 Å². The molecule has 0 bridgehead atoms. The fourth-order valence-corrected chi connectivity index (χ4v) is 3.38. The zero-order valence-electron chi connectivity index (χ0n) is 13.0. The summed E-state index contributed by atoms with van der Waals surface area (Å²) in [5, 5.41) is 3.52. The summed E-state index contributed by atoms with van der Waals surface area (Å²) < 4.78 is 10.5. The van der Waals surface area contributed by atoms with Crippen molar-refractivity contribution in [1.29, 1.82) is 0 Å². The highest BCUT2D eigenvalue weighted by Gasteiger charge is 2.34. The smallest absolute Gasteiger partial charge is 0.254 e. The van der Waals surface area contributed by atoms with Gasteiger partial charge in [0, 0.05) is 24.7 Å². The lowest BCUT2D eigenvalue weighted by Crippen LogP contribution is -2.46. The summed E-state index contributed by atoms with van der Waals surface area (Å²) in [6.07, 6.45) is 2.21. The molecule has 1 N–H and O–H groups in total. The fraction of sp³-hybridized carbons (Fsp3) is 0.562. The molecule has 2 aliphatic rings. The Hall–Kier alpha value is -1.46. The van der Waals surface area contributed by atoms with Gasteiger partial charge in [-0.05, 0) is 43.5 Å². The number of likely N-dealkylation sites (tertiary alicyclic amines) is 1. The summed E-state index contributed by atoms with van der Waals surface area (Å²) in [6, 6.07) is 5.96. The van der Waals surface area contributed by atoms with Gasteiger partial charge in [-0.15, -0.1) is 12.4 Å². The average molecular weight is 327 g/mol. The van der Waals surface area contributed by atoms with Gasteiger partial charge in [-0.1, -0.05) is 0 Å². The summed E-state index contributed by atoms with van der Waals surface area (Å²) >= 11 is 0. The molecule has 3 rings (SSSR count). The van der Waals surface area contributed by atoms with Crippen molar-refractivity contribution in [2.45, 2.75) is 18.9 Å². The molecule has 122 valence electrons. The highest BCUT2D eigenvalue weighted by molar-refractivity contribution is 5.95. The quantitative estimate of drug-likeness (QED) is 0.922. The van der Waals surface area contributed by atoms with Crippen LogP contribution < -0.4 is 14.8 Å². The maximum absolute atomic E-state index is 12.7. The minimum absolute atomic E-state index is 0. The predicted octanol–water partition coefficient (Wildman–Crippen LogP) is 1.95. The van der Waals surface area contributed by atoms with Gasteiger partial charge in [0.2, 0.25) is 0 Å². The van der Waals surface area contributed by atoms with Gasteiger partial charge in [0.15, 0.2) is 11.5 Å². The minimum atomic E-state index is 0. The lowest BCUT2D eigenvalue weighted by molar-refractivity contribution is 0.0661. The first-order valence-corrected chi connectivity index (χ1v) is 7.47. The van der Waals surface area contributed by atoms with Crippen molar-refractivity contribution in [3.05, 3.63) is 23.8 Å². The lowest BCUT2D eigenvalue weighted by atomic mass is 9.93. The number of hydrogen-bond donors (Lipinski definition) is 1. The van der Waals surface area contributed by atoms with Crippen molar-refractivity contribution in [3.63, 3.8) is 0 Å². The molecule has 0 saturated carbocycles. The van der Waals surface area contributed by atoms with Gasteiger partial charge in [0.25, 0.3) is 5.91 Å². The van der Waals surface area contributed by atoms with Crippen LogP contribution in [-0.4, -0.2) is 50.7 Å². The molecule has 1 amide bonds. The van der Waals surface area contributed by atoms with E-state index < -0.39 is 0 Å². The van der Waals surface area contributed by atoms with Crippen molar-refractivity contribution < 1.29 is 14.3 Å². The van der Waals surface area contributed by atoms with Crippen molar-refractivity contribution in [2.24, 2.45) is 5.92 Å². The van der Waals surface area contributed by atoms with Gasteiger partial charge in [0.05, 0.1) is 14.2 Å². The molecule has 2 saturated heterocycles. The Kier molecular flexibility index (Phi) is 5.53. The molecule has 22 heavy (non-hydrogen) atoms.